The summed E-state index contributed by atoms with van der Waals surface area (Å²) < 4.78 is 8.46. The predicted molar refractivity (Wildman–Crippen MR) is 78.8 cm³/mol. The zero-order chi connectivity index (χ0) is 13.2. The van der Waals surface area contributed by atoms with Crippen molar-refractivity contribution in [2.24, 2.45) is 0 Å². The van der Waals surface area contributed by atoms with Crippen molar-refractivity contribution in [2.75, 3.05) is 19.8 Å². The van der Waals surface area contributed by atoms with Crippen molar-refractivity contribution in [2.45, 2.75) is 37.8 Å². The largest absolute Gasteiger partial charge is 0.370 e. The van der Waals surface area contributed by atoms with Gasteiger partial charge in [0.15, 0.2) is 0 Å². The monoisotopic (exact) mass is 375 g/mol. The molecule has 1 aromatic heterocycles. The van der Waals surface area contributed by atoms with Gasteiger partial charge in [0.05, 0.1) is 22.4 Å². The van der Waals surface area contributed by atoms with Crippen molar-refractivity contribution in [1.82, 2.24) is 14.7 Å². The van der Waals surface area contributed by atoms with Crippen molar-refractivity contribution in [3.8, 4) is 0 Å². The van der Waals surface area contributed by atoms with E-state index in [9.17, 15) is 4.79 Å². The molecule has 0 bridgehead atoms. The number of morpholine rings is 1. The maximum Gasteiger partial charge on any atom is 0.248 e. The van der Waals surface area contributed by atoms with Crippen LogP contribution in [0, 0.1) is 3.57 Å². The van der Waals surface area contributed by atoms with Gasteiger partial charge in [0.2, 0.25) is 5.91 Å². The van der Waals surface area contributed by atoms with Gasteiger partial charge in [-0.3, -0.25) is 9.48 Å². The number of carbonyl (C=O) groups is 1. The highest BCUT2D eigenvalue weighted by molar-refractivity contribution is 14.1. The van der Waals surface area contributed by atoms with Crippen LogP contribution in [-0.2, 0) is 9.53 Å². The molecule has 0 atom stereocenters. The molecule has 1 aromatic rings. The number of nitrogens with zero attached hydrogens (tertiary/aromatic N) is 3. The van der Waals surface area contributed by atoms with Gasteiger partial charge in [-0.25, -0.2) is 0 Å². The quantitative estimate of drug-likeness (QED) is 0.742. The number of aromatic nitrogens is 2. The molecule has 3 rings (SSSR count). The molecule has 5 nitrogen and oxygen atoms in total. The van der Waals surface area contributed by atoms with Gasteiger partial charge in [-0.05, 0) is 48.3 Å². The molecule has 104 valence electrons. The summed E-state index contributed by atoms with van der Waals surface area (Å²) >= 11 is 2.29. The summed E-state index contributed by atoms with van der Waals surface area (Å²) in [5, 5.41) is 4.40. The SMILES string of the molecule is O=C1COCCN1C1CCC(n2cc(I)cn2)CC1. The summed E-state index contributed by atoms with van der Waals surface area (Å²) in [4.78, 5) is 13.9. The third kappa shape index (κ3) is 2.94. The zero-order valence-electron chi connectivity index (χ0n) is 10.8. The number of hydrogen-bond donors (Lipinski definition) is 0. The summed E-state index contributed by atoms with van der Waals surface area (Å²) in [5.41, 5.74) is 0. The van der Waals surface area contributed by atoms with Crippen LogP contribution < -0.4 is 0 Å². The first-order valence-corrected chi connectivity index (χ1v) is 7.89. The molecule has 1 saturated carbocycles. The maximum absolute atomic E-state index is 11.8. The molecular weight excluding hydrogens is 357 g/mol. The minimum absolute atomic E-state index is 0.156. The number of carbonyl (C=O) groups excluding carboxylic acids is 1. The molecule has 0 spiro atoms. The number of rotatable bonds is 2. The standard InChI is InChI=1S/C13H18IN3O2/c14-10-7-15-17(8-10)12-3-1-11(2-4-12)16-5-6-19-9-13(16)18/h7-8,11-12H,1-6,9H2. The van der Waals surface area contributed by atoms with E-state index >= 15 is 0 Å². The normalized spacial score (nSPS) is 28.7. The fourth-order valence-corrected chi connectivity index (χ4v) is 3.48. The van der Waals surface area contributed by atoms with Gasteiger partial charge < -0.3 is 9.64 Å². The molecule has 0 radical (unpaired) electrons. The van der Waals surface area contributed by atoms with Crippen LogP contribution in [-0.4, -0.2) is 46.4 Å². The van der Waals surface area contributed by atoms with E-state index in [-0.39, 0.29) is 12.5 Å². The number of hydrogen-bond acceptors (Lipinski definition) is 3. The van der Waals surface area contributed by atoms with Crippen LogP contribution >= 0.6 is 22.6 Å². The third-order valence-corrected chi connectivity index (χ3v) is 4.63. The predicted octanol–water partition coefficient (Wildman–Crippen LogP) is 1.83. The molecule has 1 saturated heterocycles. The Morgan fingerprint density at radius 3 is 2.63 bits per heavy atom. The van der Waals surface area contributed by atoms with E-state index in [2.05, 4.69) is 38.6 Å². The van der Waals surface area contributed by atoms with E-state index in [1.165, 1.54) is 3.57 Å². The van der Waals surface area contributed by atoms with Gasteiger partial charge in [0.25, 0.3) is 0 Å². The zero-order valence-corrected chi connectivity index (χ0v) is 13.0. The van der Waals surface area contributed by atoms with Crippen molar-refractivity contribution >= 4 is 28.5 Å². The summed E-state index contributed by atoms with van der Waals surface area (Å²) in [6, 6.07) is 0.901. The fraction of sp³-hybridized carbons (Fsp3) is 0.692. The number of ether oxygens (including phenoxy) is 1. The van der Waals surface area contributed by atoms with Crippen molar-refractivity contribution in [3.05, 3.63) is 16.0 Å². The average molecular weight is 375 g/mol. The van der Waals surface area contributed by atoms with Crippen LogP contribution in [0.3, 0.4) is 0 Å². The van der Waals surface area contributed by atoms with Gasteiger partial charge in [-0.1, -0.05) is 0 Å². The average Bonchev–Trinajstić information content (AvgIpc) is 2.86. The second-order valence-electron chi connectivity index (χ2n) is 5.24. The van der Waals surface area contributed by atoms with Gasteiger partial charge >= 0.3 is 0 Å². The highest BCUT2D eigenvalue weighted by Gasteiger charge is 2.31. The van der Waals surface area contributed by atoms with Gasteiger partial charge in [-0.2, -0.15) is 5.10 Å². The maximum atomic E-state index is 11.8. The number of halogens is 1. The van der Waals surface area contributed by atoms with Gasteiger partial charge in [-0.15, -0.1) is 0 Å². The Hall–Kier alpha value is -0.630. The molecule has 2 heterocycles. The minimum atomic E-state index is 0.156. The van der Waals surface area contributed by atoms with E-state index in [1.807, 2.05) is 11.1 Å². The lowest BCUT2D eigenvalue weighted by Crippen LogP contribution is -2.48. The molecular formula is C13H18IN3O2. The fourth-order valence-electron chi connectivity index (χ4n) is 3.07. The topological polar surface area (TPSA) is 47.4 Å². The first kappa shape index (κ1) is 13.4. The number of amides is 1. The van der Waals surface area contributed by atoms with E-state index < -0.39 is 0 Å². The Kier molecular flexibility index (Phi) is 4.07. The molecule has 19 heavy (non-hydrogen) atoms. The molecule has 2 aliphatic rings. The van der Waals surface area contributed by atoms with Crippen molar-refractivity contribution < 1.29 is 9.53 Å². The van der Waals surface area contributed by atoms with E-state index in [4.69, 9.17) is 4.74 Å². The van der Waals surface area contributed by atoms with Crippen LogP contribution in [0.2, 0.25) is 0 Å². The minimum Gasteiger partial charge on any atom is -0.370 e. The van der Waals surface area contributed by atoms with Crippen LogP contribution in [0.5, 0.6) is 0 Å². The van der Waals surface area contributed by atoms with Crippen molar-refractivity contribution in [3.63, 3.8) is 0 Å². The second kappa shape index (κ2) is 5.78. The molecule has 1 amide bonds. The summed E-state index contributed by atoms with van der Waals surface area (Å²) in [5.74, 6) is 0.156. The molecule has 0 aromatic carbocycles. The van der Waals surface area contributed by atoms with Crippen LogP contribution in [0.25, 0.3) is 0 Å². The molecule has 1 aliphatic heterocycles. The van der Waals surface area contributed by atoms with E-state index in [1.54, 1.807) is 0 Å². The van der Waals surface area contributed by atoms with Crippen molar-refractivity contribution in [1.29, 1.82) is 0 Å². The lowest BCUT2D eigenvalue weighted by molar-refractivity contribution is -0.146. The Labute approximate surface area is 126 Å². The highest BCUT2D eigenvalue weighted by atomic mass is 127. The highest BCUT2D eigenvalue weighted by Crippen LogP contribution is 2.31. The second-order valence-corrected chi connectivity index (χ2v) is 6.49. The Morgan fingerprint density at radius 1 is 1.26 bits per heavy atom. The first-order valence-electron chi connectivity index (χ1n) is 6.81. The summed E-state index contributed by atoms with van der Waals surface area (Å²) in [6.07, 6.45) is 8.36. The van der Waals surface area contributed by atoms with E-state index in [0.29, 0.717) is 18.7 Å². The Bertz CT molecular complexity index is 454. The van der Waals surface area contributed by atoms with Gasteiger partial charge in [0.1, 0.15) is 6.61 Å². The third-order valence-electron chi connectivity index (χ3n) is 4.07. The Balaban J connectivity index is 1.58. The smallest absolute Gasteiger partial charge is 0.248 e. The molecule has 0 unspecified atom stereocenters. The molecule has 2 fully saturated rings. The first-order chi connectivity index (χ1) is 9.24. The molecule has 6 heteroatoms. The van der Waals surface area contributed by atoms with Gasteiger partial charge in [0, 0.05) is 18.8 Å². The van der Waals surface area contributed by atoms with Crippen LogP contribution in [0.15, 0.2) is 12.4 Å². The van der Waals surface area contributed by atoms with Crippen LogP contribution in [0.4, 0.5) is 0 Å². The Morgan fingerprint density at radius 2 is 2.00 bits per heavy atom. The van der Waals surface area contributed by atoms with E-state index in [0.717, 1.165) is 32.2 Å². The molecule has 0 N–H and O–H groups in total. The lowest BCUT2D eigenvalue weighted by Gasteiger charge is -2.38. The molecule has 1 aliphatic carbocycles. The van der Waals surface area contributed by atoms with Crippen LogP contribution in [0.1, 0.15) is 31.7 Å². The summed E-state index contributed by atoms with van der Waals surface area (Å²) in [7, 11) is 0. The summed E-state index contributed by atoms with van der Waals surface area (Å²) in [6.45, 7) is 1.70. The lowest BCUT2D eigenvalue weighted by atomic mass is 9.90.